The fraction of sp³-hybridized carbons (Fsp3) is 0.933. The second-order valence-electron chi connectivity index (χ2n) is 6.34. The lowest BCUT2D eigenvalue weighted by Crippen LogP contribution is -2.40. The van der Waals surface area contributed by atoms with E-state index >= 15 is 0 Å². The van der Waals surface area contributed by atoms with Crippen LogP contribution >= 0.6 is 0 Å². The van der Waals surface area contributed by atoms with E-state index in [1.54, 1.807) is 0 Å². The van der Waals surface area contributed by atoms with Crippen molar-refractivity contribution in [2.75, 3.05) is 0 Å². The zero-order valence-corrected chi connectivity index (χ0v) is 11.2. The molecule has 0 unspecified atom stereocenters. The van der Waals surface area contributed by atoms with Crippen molar-refractivity contribution in [3.63, 3.8) is 0 Å². The van der Waals surface area contributed by atoms with Crippen molar-refractivity contribution in [1.82, 2.24) is 0 Å². The first-order chi connectivity index (χ1) is 8.13. The van der Waals surface area contributed by atoms with Crippen molar-refractivity contribution >= 4 is 5.78 Å². The summed E-state index contributed by atoms with van der Waals surface area (Å²) in [5.41, 5.74) is 6.16. The van der Waals surface area contributed by atoms with Gasteiger partial charge in [0.15, 0.2) is 0 Å². The lowest BCUT2D eigenvalue weighted by Gasteiger charge is -2.30. The molecule has 2 aliphatic carbocycles. The summed E-state index contributed by atoms with van der Waals surface area (Å²) in [4.78, 5) is 12.3. The van der Waals surface area contributed by atoms with Crippen LogP contribution in [0.15, 0.2) is 0 Å². The van der Waals surface area contributed by atoms with Crippen LogP contribution in [0, 0.1) is 11.8 Å². The normalized spacial score (nSPS) is 32.6. The standard InChI is InChI=1S/C15H27NO/c1-2-12-5-7-13(8-6-12)14(17)11-15(16)9-3-4-10-15/h12-13H,2-11,16H2,1H3. The first-order valence-electron chi connectivity index (χ1n) is 7.44. The topological polar surface area (TPSA) is 43.1 Å². The van der Waals surface area contributed by atoms with Crippen LogP contribution in [0.3, 0.4) is 0 Å². The molecule has 98 valence electrons. The van der Waals surface area contributed by atoms with E-state index < -0.39 is 0 Å². The van der Waals surface area contributed by atoms with Crippen LogP contribution in [0.2, 0.25) is 0 Å². The average Bonchev–Trinajstić information content (AvgIpc) is 2.76. The maximum atomic E-state index is 12.3. The van der Waals surface area contributed by atoms with Gasteiger partial charge in [-0.2, -0.15) is 0 Å². The zero-order chi connectivity index (χ0) is 12.3. The number of carbonyl (C=O) groups excluding carboxylic acids is 1. The van der Waals surface area contributed by atoms with E-state index in [4.69, 9.17) is 5.73 Å². The van der Waals surface area contributed by atoms with Gasteiger partial charge in [0.05, 0.1) is 0 Å². The molecule has 2 nitrogen and oxygen atoms in total. The van der Waals surface area contributed by atoms with Gasteiger partial charge in [0, 0.05) is 17.9 Å². The lowest BCUT2D eigenvalue weighted by molar-refractivity contribution is -0.125. The van der Waals surface area contributed by atoms with Gasteiger partial charge in [-0.3, -0.25) is 4.79 Å². The minimum atomic E-state index is -0.140. The molecule has 0 bridgehead atoms. The van der Waals surface area contributed by atoms with Crippen LogP contribution in [0.1, 0.15) is 71.1 Å². The molecule has 2 saturated carbocycles. The predicted octanol–water partition coefficient (Wildman–Crippen LogP) is 3.43. The molecular formula is C15H27NO. The Balaban J connectivity index is 1.80. The number of carbonyl (C=O) groups is 1. The zero-order valence-electron chi connectivity index (χ0n) is 11.2. The molecule has 0 aromatic heterocycles. The highest BCUT2D eigenvalue weighted by Gasteiger charge is 2.34. The Morgan fingerprint density at radius 1 is 1.18 bits per heavy atom. The highest BCUT2D eigenvalue weighted by molar-refractivity contribution is 5.82. The smallest absolute Gasteiger partial charge is 0.137 e. The predicted molar refractivity (Wildman–Crippen MR) is 70.7 cm³/mol. The SMILES string of the molecule is CCC1CCC(C(=O)CC2(N)CCCC2)CC1. The summed E-state index contributed by atoms with van der Waals surface area (Å²) in [7, 11) is 0. The Hall–Kier alpha value is -0.370. The van der Waals surface area contributed by atoms with Crippen LogP contribution < -0.4 is 5.73 Å². The molecule has 2 rings (SSSR count). The number of hydrogen-bond acceptors (Lipinski definition) is 2. The van der Waals surface area contributed by atoms with E-state index in [0.29, 0.717) is 18.1 Å². The molecule has 2 aliphatic rings. The number of nitrogens with two attached hydrogens (primary N) is 1. The van der Waals surface area contributed by atoms with Crippen LogP contribution in [-0.2, 0) is 4.79 Å². The summed E-state index contributed by atoms with van der Waals surface area (Å²) >= 11 is 0. The van der Waals surface area contributed by atoms with Gasteiger partial charge < -0.3 is 5.73 Å². The number of rotatable bonds is 4. The molecular weight excluding hydrogens is 210 g/mol. The van der Waals surface area contributed by atoms with Gasteiger partial charge in [0.25, 0.3) is 0 Å². The van der Waals surface area contributed by atoms with Gasteiger partial charge in [-0.25, -0.2) is 0 Å². The summed E-state index contributed by atoms with van der Waals surface area (Å²) in [5.74, 6) is 1.67. The number of ketones is 1. The Morgan fingerprint density at radius 3 is 2.29 bits per heavy atom. The van der Waals surface area contributed by atoms with Gasteiger partial charge >= 0.3 is 0 Å². The van der Waals surface area contributed by atoms with Gasteiger partial charge in [-0.05, 0) is 44.4 Å². The van der Waals surface area contributed by atoms with E-state index in [9.17, 15) is 4.79 Å². The number of hydrogen-bond donors (Lipinski definition) is 1. The van der Waals surface area contributed by atoms with Gasteiger partial charge in [-0.1, -0.05) is 26.2 Å². The highest BCUT2D eigenvalue weighted by Crippen LogP contribution is 2.35. The summed E-state index contributed by atoms with van der Waals surface area (Å²) in [6, 6.07) is 0. The second kappa shape index (κ2) is 5.51. The quantitative estimate of drug-likeness (QED) is 0.814. The van der Waals surface area contributed by atoms with E-state index in [1.807, 2.05) is 0 Å². The Kier molecular flexibility index (Phi) is 4.24. The first kappa shape index (κ1) is 13.1. The summed E-state index contributed by atoms with van der Waals surface area (Å²) in [6.07, 6.45) is 11.2. The molecule has 0 atom stereocenters. The molecule has 0 radical (unpaired) electrons. The Bertz CT molecular complexity index is 260. The minimum Gasteiger partial charge on any atom is -0.325 e. The molecule has 0 aromatic rings. The fourth-order valence-corrected chi connectivity index (χ4v) is 3.64. The fourth-order valence-electron chi connectivity index (χ4n) is 3.64. The van der Waals surface area contributed by atoms with E-state index in [-0.39, 0.29) is 5.54 Å². The third-order valence-electron chi connectivity index (χ3n) is 5.01. The third-order valence-corrected chi connectivity index (χ3v) is 5.01. The van der Waals surface area contributed by atoms with Crippen molar-refractivity contribution < 1.29 is 4.79 Å². The molecule has 0 aromatic carbocycles. The molecule has 0 aliphatic heterocycles. The van der Waals surface area contributed by atoms with Crippen LogP contribution in [0.4, 0.5) is 0 Å². The maximum Gasteiger partial charge on any atom is 0.137 e. The number of Topliss-reactive ketones (excluding diaryl/α,β-unsaturated/α-hetero) is 1. The van der Waals surface area contributed by atoms with Crippen LogP contribution in [-0.4, -0.2) is 11.3 Å². The molecule has 0 spiro atoms. The van der Waals surface area contributed by atoms with Crippen LogP contribution in [0.5, 0.6) is 0 Å². The molecule has 0 saturated heterocycles. The van der Waals surface area contributed by atoms with Crippen molar-refractivity contribution in [3.8, 4) is 0 Å². The van der Waals surface area contributed by atoms with Crippen molar-refractivity contribution in [1.29, 1.82) is 0 Å². The summed E-state index contributed by atoms with van der Waals surface area (Å²) in [5, 5.41) is 0. The lowest BCUT2D eigenvalue weighted by atomic mass is 9.76. The molecule has 2 heteroatoms. The molecule has 0 amide bonds. The molecule has 2 N–H and O–H groups in total. The Labute approximate surface area is 105 Å². The molecule has 2 fully saturated rings. The van der Waals surface area contributed by atoms with E-state index in [0.717, 1.165) is 31.6 Å². The third kappa shape index (κ3) is 3.31. The average molecular weight is 237 g/mol. The van der Waals surface area contributed by atoms with Gasteiger partial charge in [0.2, 0.25) is 0 Å². The highest BCUT2D eigenvalue weighted by atomic mass is 16.1. The maximum absolute atomic E-state index is 12.3. The van der Waals surface area contributed by atoms with Gasteiger partial charge in [-0.15, -0.1) is 0 Å². The monoisotopic (exact) mass is 237 g/mol. The van der Waals surface area contributed by atoms with Gasteiger partial charge in [0.1, 0.15) is 5.78 Å². The Morgan fingerprint density at radius 2 is 1.76 bits per heavy atom. The van der Waals surface area contributed by atoms with Crippen LogP contribution in [0.25, 0.3) is 0 Å². The molecule has 0 heterocycles. The van der Waals surface area contributed by atoms with E-state index in [2.05, 4.69) is 6.92 Å². The first-order valence-corrected chi connectivity index (χ1v) is 7.44. The van der Waals surface area contributed by atoms with Crippen molar-refractivity contribution in [2.45, 2.75) is 76.7 Å². The largest absolute Gasteiger partial charge is 0.325 e. The molecule has 17 heavy (non-hydrogen) atoms. The summed E-state index contributed by atoms with van der Waals surface area (Å²) < 4.78 is 0. The van der Waals surface area contributed by atoms with E-state index in [1.165, 1.54) is 32.1 Å². The van der Waals surface area contributed by atoms with Crippen molar-refractivity contribution in [3.05, 3.63) is 0 Å². The second-order valence-corrected chi connectivity index (χ2v) is 6.34. The van der Waals surface area contributed by atoms with Crippen molar-refractivity contribution in [2.24, 2.45) is 17.6 Å². The minimum absolute atomic E-state index is 0.140. The summed E-state index contributed by atoms with van der Waals surface area (Å²) in [6.45, 7) is 2.26.